The highest BCUT2D eigenvalue weighted by Gasteiger charge is 2.18. The van der Waals surface area contributed by atoms with Gasteiger partial charge in [-0.1, -0.05) is 0 Å². The molecular weight excluding hydrogens is 404 g/mol. The fraction of sp³-hybridized carbons (Fsp3) is 0.450. The van der Waals surface area contributed by atoms with Crippen molar-refractivity contribution in [2.24, 2.45) is 0 Å². The third kappa shape index (κ3) is 4.60. The van der Waals surface area contributed by atoms with Gasteiger partial charge in [-0.25, -0.2) is 4.98 Å². The van der Waals surface area contributed by atoms with Crippen LogP contribution in [0.15, 0.2) is 12.1 Å². The van der Waals surface area contributed by atoms with Crippen LogP contribution in [0.25, 0.3) is 16.7 Å². The van der Waals surface area contributed by atoms with E-state index < -0.39 is 5.97 Å². The van der Waals surface area contributed by atoms with Gasteiger partial charge in [0.05, 0.1) is 11.0 Å². The van der Waals surface area contributed by atoms with Crippen molar-refractivity contribution in [2.45, 2.75) is 26.7 Å². The number of nitrogens with zero attached hydrogens (tertiary/aromatic N) is 4. The van der Waals surface area contributed by atoms with Gasteiger partial charge < -0.3 is 24.8 Å². The van der Waals surface area contributed by atoms with Crippen molar-refractivity contribution in [1.29, 1.82) is 0 Å². The lowest BCUT2D eigenvalue weighted by Crippen LogP contribution is -2.29. The number of esters is 1. The van der Waals surface area contributed by atoms with Crippen molar-refractivity contribution >= 4 is 34.4 Å². The molecule has 3 aromatic rings. The summed E-state index contributed by atoms with van der Waals surface area (Å²) in [6, 6.07) is 3.77. The Hall–Kier alpha value is -3.63. The second-order valence-corrected chi connectivity index (χ2v) is 7.12. The molecule has 0 atom stereocenters. The summed E-state index contributed by atoms with van der Waals surface area (Å²) in [6.45, 7) is 5.06. The van der Waals surface area contributed by atoms with Crippen LogP contribution >= 0.6 is 0 Å². The largest absolute Gasteiger partial charge is 0.486 e. The number of hydrogen-bond donors (Lipinski definition) is 2. The van der Waals surface area contributed by atoms with Crippen LogP contribution in [0.5, 0.6) is 11.5 Å². The van der Waals surface area contributed by atoms with Gasteiger partial charge in [-0.2, -0.15) is 0 Å². The van der Waals surface area contributed by atoms with Crippen LogP contribution in [0.2, 0.25) is 0 Å². The molecule has 0 aliphatic carbocycles. The van der Waals surface area contributed by atoms with Crippen LogP contribution in [0.3, 0.4) is 0 Å². The molecule has 0 bridgehead atoms. The molecule has 31 heavy (non-hydrogen) atoms. The summed E-state index contributed by atoms with van der Waals surface area (Å²) in [5, 5.41) is 14.5. The average Bonchev–Trinajstić information content (AvgIpc) is 3.15. The molecule has 3 heterocycles. The fourth-order valence-corrected chi connectivity index (χ4v) is 3.33. The van der Waals surface area contributed by atoms with Crippen LogP contribution in [-0.2, 0) is 14.3 Å². The minimum absolute atomic E-state index is 0.253. The third-order valence-corrected chi connectivity index (χ3v) is 4.77. The van der Waals surface area contributed by atoms with E-state index in [9.17, 15) is 9.59 Å². The van der Waals surface area contributed by atoms with Gasteiger partial charge in [0.2, 0.25) is 5.65 Å². The molecule has 164 valence electrons. The van der Waals surface area contributed by atoms with Gasteiger partial charge in [0, 0.05) is 32.1 Å². The Morgan fingerprint density at radius 3 is 2.65 bits per heavy atom. The predicted octanol–water partition coefficient (Wildman–Crippen LogP) is 1.23. The number of rotatable bonds is 8. The summed E-state index contributed by atoms with van der Waals surface area (Å²) in [7, 11) is 0. The molecule has 1 amide bonds. The van der Waals surface area contributed by atoms with Crippen molar-refractivity contribution < 1.29 is 23.8 Å². The van der Waals surface area contributed by atoms with Crippen LogP contribution in [0.4, 0.5) is 5.82 Å². The number of ether oxygens (including phenoxy) is 3. The first-order chi connectivity index (χ1) is 15.0. The highest BCUT2D eigenvalue weighted by atomic mass is 16.6. The minimum atomic E-state index is -0.475. The normalized spacial score (nSPS) is 12.7. The lowest BCUT2D eigenvalue weighted by Gasteiger charge is -2.19. The lowest BCUT2D eigenvalue weighted by atomic mass is 10.2. The number of nitrogens with one attached hydrogen (secondary N) is 2. The van der Waals surface area contributed by atoms with Crippen LogP contribution in [0.1, 0.15) is 25.6 Å². The number of carbonyl (C=O) groups excluding carboxylic acids is 2. The first-order valence-corrected chi connectivity index (χ1v) is 10.1. The van der Waals surface area contributed by atoms with Crippen molar-refractivity contribution in [2.75, 3.05) is 38.2 Å². The van der Waals surface area contributed by atoms with Gasteiger partial charge in [-0.3, -0.25) is 14.0 Å². The zero-order valence-corrected chi connectivity index (χ0v) is 17.4. The standard InChI is InChI=1S/C20H24N6O5/c1-12-24-25-20-19(22-6-4-3-5-21-18(28)11-31-13(2)27)23-14-9-16-17(30-8-7-29-16)10-15(14)26(12)20/h9-10H,3-8,11H2,1-2H3,(H,21,28)(H,22,23). The molecule has 0 radical (unpaired) electrons. The maximum atomic E-state index is 11.5. The molecule has 0 spiro atoms. The van der Waals surface area contributed by atoms with E-state index in [1.807, 2.05) is 23.5 Å². The number of hydrogen-bond acceptors (Lipinski definition) is 9. The molecule has 0 unspecified atom stereocenters. The van der Waals surface area contributed by atoms with Gasteiger partial charge in [-0.15, -0.1) is 10.2 Å². The fourth-order valence-electron chi connectivity index (χ4n) is 3.33. The second kappa shape index (κ2) is 9.02. The molecule has 1 aliphatic heterocycles. The molecule has 0 saturated carbocycles. The minimum Gasteiger partial charge on any atom is -0.486 e. The van der Waals surface area contributed by atoms with Crippen molar-refractivity contribution in [3.05, 3.63) is 18.0 Å². The predicted molar refractivity (Wildman–Crippen MR) is 111 cm³/mol. The Bertz CT molecular complexity index is 1130. The zero-order chi connectivity index (χ0) is 21.8. The summed E-state index contributed by atoms with van der Waals surface area (Å²) in [5.41, 5.74) is 2.24. The SMILES string of the molecule is CC(=O)OCC(=O)NCCCCNc1nc2cc3c(cc2n2c(C)nnc12)OCCO3. The van der Waals surface area contributed by atoms with Crippen molar-refractivity contribution in [1.82, 2.24) is 24.9 Å². The molecule has 4 rings (SSSR count). The summed E-state index contributed by atoms with van der Waals surface area (Å²) in [5.74, 6) is 1.95. The Balaban J connectivity index is 1.41. The second-order valence-electron chi connectivity index (χ2n) is 7.12. The zero-order valence-electron chi connectivity index (χ0n) is 17.4. The molecule has 11 nitrogen and oxygen atoms in total. The quantitative estimate of drug-likeness (QED) is 0.402. The average molecular weight is 428 g/mol. The van der Waals surface area contributed by atoms with Crippen molar-refractivity contribution in [3.63, 3.8) is 0 Å². The van der Waals surface area contributed by atoms with E-state index in [1.54, 1.807) is 0 Å². The summed E-state index contributed by atoms with van der Waals surface area (Å²) in [6.07, 6.45) is 1.56. The number of aryl methyl sites for hydroxylation is 1. The third-order valence-electron chi connectivity index (χ3n) is 4.77. The lowest BCUT2D eigenvalue weighted by molar-refractivity contribution is -0.146. The van der Waals surface area contributed by atoms with Crippen molar-refractivity contribution in [3.8, 4) is 11.5 Å². The number of aromatic nitrogens is 4. The van der Waals surface area contributed by atoms with E-state index in [2.05, 4.69) is 25.6 Å². The van der Waals surface area contributed by atoms with E-state index in [1.165, 1.54) is 6.92 Å². The van der Waals surface area contributed by atoms with Gasteiger partial charge in [-0.05, 0) is 19.8 Å². The Kier molecular flexibility index (Phi) is 6.01. The molecule has 11 heteroatoms. The maximum absolute atomic E-state index is 11.5. The van der Waals surface area contributed by atoms with Gasteiger partial charge in [0.15, 0.2) is 23.9 Å². The monoisotopic (exact) mass is 428 g/mol. The Labute approximate surface area is 178 Å². The first kappa shape index (κ1) is 20.6. The number of fused-ring (bicyclic) bond motifs is 4. The Morgan fingerprint density at radius 2 is 1.87 bits per heavy atom. The van der Waals surface area contributed by atoms with E-state index in [0.29, 0.717) is 49.3 Å². The molecule has 1 aliphatic rings. The number of amides is 1. The number of unbranched alkanes of at least 4 members (excludes halogenated alkanes) is 1. The highest BCUT2D eigenvalue weighted by molar-refractivity contribution is 5.86. The van der Waals surface area contributed by atoms with Crippen LogP contribution < -0.4 is 20.1 Å². The molecule has 2 aromatic heterocycles. The van der Waals surface area contributed by atoms with Gasteiger partial charge >= 0.3 is 5.97 Å². The van der Waals surface area contributed by atoms with E-state index in [4.69, 9.17) is 14.5 Å². The van der Waals surface area contributed by atoms with Gasteiger partial charge in [0.25, 0.3) is 5.91 Å². The molecule has 0 saturated heterocycles. The summed E-state index contributed by atoms with van der Waals surface area (Å²) >= 11 is 0. The number of carbonyl (C=O) groups is 2. The maximum Gasteiger partial charge on any atom is 0.303 e. The summed E-state index contributed by atoms with van der Waals surface area (Å²) < 4.78 is 18.0. The highest BCUT2D eigenvalue weighted by Crippen LogP contribution is 2.35. The van der Waals surface area contributed by atoms with Crippen LogP contribution in [0, 0.1) is 6.92 Å². The molecule has 1 aromatic carbocycles. The smallest absolute Gasteiger partial charge is 0.303 e. The van der Waals surface area contributed by atoms with E-state index in [0.717, 1.165) is 29.7 Å². The number of benzene rings is 1. The molecule has 0 fully saturated rings. The van der Waals surface area contributed by atoms with E-state index in [-0.39, 0.29) is 12.5 Å². The summed E-state index contributed by atoms with van der Waals surface area (Å²) in [4.78, 5) is 27.0. The first-order valence-electron chi connectivity index (χ1n) is 10.1. The molecular formula is C20H24N6O5. The van der Waals surface area contributed by atoms with Gasteiger partial charge in [0.1, 0.15) is 19.0 Å². The molecule has 2 N–H and O–H groups in total. The van der Waals surface area contributed by atoms with E-state index >= 15 is 0 Å². The topological polar surface area (TPSA) is 129 Å². The van der Waals surface area contributed by atoms with Crippen LogP contribution in [-0.4, -0.2) is 64.4 Å². The number of anilines is 1. The Morgan fingerprint density at radius 1 is 1.13 bits per heavy atom.